The predicted octanol–water partition coefficient (Wildman–Crippen LogP) is 1.26. The van der Waals surface area contributed by atoms with Gasteiger partial charge in [-0.25, -0.2) is 0 Å². The fraction of sp³-hybridized carbons (Fsp3) is 0. The minimum Gasteiger partial charge on any atom is -0.147 e. The Bertz CT molecular complexity index is 4.85. The van der Waals surface area contributed by atoms with Gasteiger partial charge in [-0.15, -0.1) is 37.2 Å². The molecule has 0 unspecified atom stereocenters. The van der Waals surface area contributed by atoms with Gasteiger partial charge in [0.05, 0.1) is 0 Å². The van der Waals surface area contributed by atoms with Crippen LogP contribution in [0.2, 0.25) is 0 Å². The third-order valence-corrected chi connectivity index (χ3v) is 0. The molecule has 30 valence electrons. The molecule has 0 saturated heterocycles. The molecule has 0 aliphatic rings. The van der Waals surface area contributed by atoms with E-state index in [9.17, 15) is 0 Å². The number of rotatable bonds is 0. The van der Waals surface area contributed by atoms with Crippen LogP contribution >= 0.6 is 37.2 Å². The Hall–Kier alpha value is 3.08. The van der Waals surface area contributed by atoms with E-state index in [1.54, 1.807) is 0 Å². The van der Waals surface area contributed by atoms with Crippen molar-refractivity contribution in [3.63, 3.8) is 0 Å². The van der Waals surface area contributed by atoms with Crippen LogP contribution < -0.4 is 0 Å². The zero-order chi connectivity index (χ0) is 0. The van der Waals surface area contributed by atoms with Crippen LogP contribution in [0, 0.1) is 0 Å². The van der Waals surface area contributed by atoms with Gasteiger partial charge in [-0.3, -0.25) is 0 Å². The summed E-state index contributed by atoms with van der Waals surface area (Å²) < 4.78 is 0. The molecule has 0 rings (SSSR count). The van der Waals surface area contributed by atoms with Crippen molar-refractivity contribution in [2.45, 2.75) is 0 Å². The van der Waals surface area contributed by atoms with E-state index < -0.39 is 0 Å². The Morgan fingerprint density at radius 2 is 0.400 bits per heavy atom. The maximum Gasteiger partial charge on any atom is 0 e. The van der Waals surface area contributed by atoms with Gasteiger partial charge in [0.1, 0.15) is 0 Å². The van der Waals surface area contributed by atoms with Gasteiger partial charge < -0.3 is 0 Å². The zero-order valence-electron chi connectivity index (χ0n) is 2.38. The first-order valence-corrected chi connectivity index (χ1v) is 0. The molecular weight excluding hydrogens is 284 g/mol. The molecule has 5 heavy (non-hydrogen) atoms. The molecule has 0 nitrogen and oxygen atoms in total. The van der Waals surface area contributed by atoms with Gasteiger partial charge in [0.15, 0.2) is 0 Å². The van der Waals surface area contributed by atoms with E-state index in [4.69, 9.17) is 0 Å². The maximum atomic E-state index is 0. The van der Waals surface area contributed by atoms with Crippen molar-refractivity contribution in [1.82, 2.24) is 0 Å². The van der Waals surface area contributed by atoms with Crippen molar-refractivity contribution in [2.75, 3.05) is 0 Å². The Morgan fingerprint density at radius 1 is 0.400 bits per heavy atom. The smallest absolute Gasteiger partial charge is 0 e. The topological polar surface area (TPSA) is 0 Å². The molecule has 0 atom stereocenters. The second-order valence-corrected chi connectivity index (χ2v) is 0. The molecule has 0 N–H and O–H groups in total. The van der Waals surface area contributed by atoms with Crippen LogP contribution in [-0.4, -0.2) is 0 Å². The molecular formula is H3Cl3Y2. The third kappa shape index (κ3) is 19.3. The molecule has 0 aromatic heterocycles. The molecule has 0 aromatic carbocycles. The summed E-state index contributed by atoms with van der Waals surface area (Å²) in [5, 5.41) is 0. The van der Waals surface area contributed by atoms with Crippen LogP contribution in [0.5, 0.6) is 0 Å². The predicted molar refractivity (Wildman–Crippen MR) is 21.7 cm³/mol. The standard InChI is InChI=1S/3ClH.2Y/h3*1H;;. The molecule has 0 amide bonds. The number of hydrogen-bond donors (Lipinski definition) is 0. The van der Waals surface area contributed by atoms with E-state index in [0.717, 1.165) is 0 Å². The average Bonchev–Trinajstić information content (AvgIpc) is 0. The summed E-state index contributed by atoms with van der Waals surface area (Å²) in [4.78, 5) is 0. The molecule has 0 aromatic rings. The number of halogens is 3. The Balaban J connectivity index is 0. The van der Waals surface area contributed by atoms with Crippen molar-refractivity contribution in [2.24, 2.45) is 0 Å². The first-order valence-electron chi connectivity index (χ1n) is 0. The van der Waals surface area contributed by atoms with E-state index in [0.29, 0.717) is 0 Å². The third-order valence-electron chi connectivity index (χ3n) is 0. The normalized spacial score (nSPS) is 0. The fourth-order valence-corrected chi connectivity index (χ4v) is 0. The van der Waals surface area contributed by atoms with Crippen LogP contribution in [0.25, 0.3) is 0 Å². The molecule has 0 aliphatic carbocycles. The Labute approximate surface area is 101 Å². The summed E-state index contributed by atoms with van der Waals surface area (Å²) in [7, 11) is 0. The zero-order valence-corrected chi connectivity index (χ0v) is 10.5. The average molecular weight is 287 g/mol. The molecule has 0 aliphatic heterocycles. The number of hydrogen-bond acceptors (Lipinski definition) is 0. The van der Waals surface area contributed by atoms with Gasteiger partial charge in [-0.1, -0.05) is 0 Å². The van der Waals surface area contributed by atoms with E-state index >= 15 is 0 Å². The van der Waals surface area contributed by atoms with Gasteiger partial charge in [-0.05, 0) is 0 Å². The van der Waals surface area contributed by atoms with Crippen LogP contribution in [0.4, 0.5) is 0 Å². The van der Waals surface area contributed by atoms with Gasteiger partial charge in [0, 0.05) is 65.4 Å². The van der Waals surface area contributed by atoms with Crippen molar-refractivity contribution >= 4 is 37.2 Å². The van der Waals surface area contributed by atoms with Crippen LogP contribution in [0.15, 0.2) is 0 Å². The summed E-state index contributed by atoms with van der Waals surface area (Å²) >= 11 is 0. The minimum absolute atomic E-state index is 0. The van der Waals surface area contributed by atoms with Crippen LogP contribution in [0.3, 0.4) is 0 Å². The Morgan fingerprint density at radius 3 is 0.400 bits per heavy atom. The van der Waals surface area contributed by atoms with Crippen molar-refractivity contribution in [1.29, 1.82) is 0 Å². The SMILES string of the molecule is Cl.Cl.Cl.[Y].[Y]. The summed E-state index contributed by atoms with van der Waals surface area (Å²) in [6.07, 6.45) is 0. The quantitative estimate of drug-likeness (QED) is 0.629. The summed E-state index contributed by atoms with van der Waals surface area (Å²) in [5.41, 5.74) is 0. The molecule has 0 heterocycles. The monoisotopic (exact) mass is 286 g/mol. The van der Waals surface area contributed by atoms with Gasteiger partial charge >= 0.3 is 0 Å². The maximum absolute atomic E-state index is 0. The van der Waals surface area contributed by atoms with Crippen molar-refractivity contribution in [3.8, 4) is 0 Å². The van der Waals surface area contributed by atoms with Crippen molar-refractivity contribution < 1.29 is 65.4 Å². The van der Waals surface area contributed by atoms with E-state index in [1.807, 2.05) is 0 Å². The molecule has 5 heteroatoms. The molecule has 0 fully saturated rings. The van der Waals surface area contributed by atoms with E-state index in [2.05, 4.69) is 0 Å². The molecule has 0 bridgehead atoms. The summed E-state index contributed by atoms with van der Waals surface area (Å²) in [5.74, 6) is 0. The van der Waals surface area contributed by atoms with E-state index in [1.165, 1.54) is 0 Å². The minimum atomic E-state index is 0. The molecule has 0 saturated carbocycles. The van der Waals surface area contributed by atoms with Crippen LogP contribution in [-0.2, 0) is 65.4 Å². The second-order valence-electron chi connectivity index (χ2n) is 0. The van der Waals surface area contributed by atoms with Crippen LogP contribution in [0.1, 0.15) is 0 Å². The first kappa shape index (κ1) is 42.7. The summed E-state index contributed by atoms with van der Waals surface area (Å²) in [6, 6.07) is 0. The second kappa shape index (κ2) is 27.6. The first-order chi connectivity index (χ1) is 0. The van der Waals surface area contributed by atoms with Crippen molar-refractivity contribution in [3.05, 3.63) is 0 Å². The largest absolute Gasteiger partial charge is 0.147 e. The van der Waals surface area contributed by atoms with Gasteiger partial charge in [0.25, 0.3) is 0 Å². The molecule has 0 spiro atoms. The fourth-order valence-electron chi connectivity index (χ4n) is 0. The van der Waals surface area contributed by atoms with Gasteiger partial charge in [0.2, 0.25) is 0 Å². The Kier molecular flexibility index (Phi) is 236. The van der Waals surface area contributed by atoms with E-state index in [-0.39, 0.29) is 103 Å². The van der Waals surface area contributed by atoms with Gasteiger partial charge in [-0.2, -0.15) is 0 Å². The molecule has 2 radical (unpaired) electrons. The summed E-state index contributed by atoms with van der Waals surface area (Å²) in [6.45, 7) is 0.